The fourth-order valence-electron chi connectivity index (χ4n) is 4.66. The topological polar surface area (TPSA) is 79.6 Å². The number of anilines is 1. The van der Waals surface area contributed by atoms with E-state index in [1.54, 1.807) is 4.68 Å². The minimum Gasteiger partial charge on any atom is -0.378 e. The molecule has 6 rings (SSSR count). The van der Waals surface area contributed by atoms with Crippen LogP contribution >= 0.6 is 11.3 Å². The fraction of sp³-hybridized carbons (Fsp3) is 0.385. The second-order valence-electron chi connectivity index (χ2n) is 9.38. The van der Waals surface area contributed by atoms with E-state index in [1.807, 2.05) is 29.3 Å². The van der Waals surface area contributed by atoms with Gasteiger partial charge < -0.3 is 19.4 Å². The molecule has 0 bridgehead atoms. The van der Waals surface area contributed by atoms with Crippen LogP contribution in [-0.4, -0.2) is 95.0 Å². The summed E-state index contributed by atoms with van der Waals surface area (Å²) in [7, 11) is 2.09. The number of thiophene rings is 1. The van der Waals surface area contributed by atoms with Gasteiger partial charge in [0.25, 0.3) is 11.9 Å². The summed E-state index contributed by atoms with van der Waals surface area (Å²) in [6.45, 7) is 8.14. The Hall–Kier alpha value is -3.34. The summed E-state index contributed by atoms with van der Waals surface area (Å²) < 4.78 is 8.23. The summed E-state index contributed by atoms with van der Waals surface area (Å²) in [6.07, 6.45) is 1.89. The van der Waals surface area contributed by atoms with Gasteiger partial charge in [0, 0.05) is 51.0 Å². The number of benzene rings is 1. The number of hydrogen-bond donors (Lipinski definition) is 0. The minimum absolute atomic E-state index is 0.0707. The van der Waals surface area contributed by atoms with Gasteiger partial charge in [0.2, 0.25) is 0 Å². The molecule has 4 aromatic rings. The molecule has 0 radical (unpaired) electrons. The molecule has 2 fully saturated rings. The second kappa shape index (κ2) is 9.61. The average Bonchev–Trinajstić information content (AvgIpc) is 3.57. The summed E-state index contributed by atoms with van der Waals surface area (Å²) in [5.41, 5.74) is 3.88. The molecule has 3 aromatic heterocycles. The SMILES string of the molecule is Cc1cccc(-c2ccn(-c3nc(N4CCOCC4)c4sc(C(=O)N5CCN(C)CC5)cc4n3)n2)c1. The zero-order valence-corrected chi connectivity index (χ0v) is 21.4. The highest BCUT2D eigenvalue weighted by Crippen LogP contribution is 2.34. The zero-order valence-electron chi connectivity index (χ0n) is 20.6. The van der Waals surface area contributed by atoms with Gasteiger partial charge in [-0.15, -0.1) is 11.3 Å². The first-order chi connectivity index (χ1) is 17.5. The molecule has 0 N–H and O–H groups in total. The predicted octanol–water partition coefficient (Wildman–Crippen LogP) is 3.08. The molecular weight excluding hydrogens is 474 g/mol. The van der Waals surface area contributed by atoms with E-state index < -0.39 is 0 Å². The van der Waals surface area contributed by atoms with Gasteiger partial charge in [-0.1, -0.05) is 23.8 Å². The standard InChI is InChI=1S/C26H29N7O2S/c1-18-4-3-5-19(16-18)20-6-7-33(29-20)26-27-21-17-22(25(34)32-10-8-30(2)9-11-32)36-23(21)24(28-26)31-12-14-35-15-13-31/h3-7,16-17H,8-15H2,1-2H3. The first-order valence-electron chi connectivity index (χ1n) is 12.3. The highest BCUT2D eigenvalue weighted by Gasteiger charge is 2.25. The summed E-state index contributed by atoms with van der Waals surface area (Å²) in [4.78, 5) is 30.2. The normalized spacial score (nSPS) is 17.2. The highest BCUT2D eigenvalue weighted by atomic mass is 32.1. The van der Waals surface area contributed by atoms with Crippen LogP contribution in [0.15, 0.2) is 42.6 Å². The van der Waals surface area contributed by atoms with Crippen LogP contribution in [0.4, 0.5) is 5.82 Å². The largest absolute Gasteiger partial charge is 0.378 e. The van der Waals surface area contributed by atoms with E-state index in [0.717, 1.165) is 66.6 Å². The Bertz CT molecular complexity index is 1400. The Labute approximate surface area is 213 Å². The van der Waals surface area contributed by atoms with Gasteiger partial charge in [0.15, 0.2) is 5.82 Å². The van der Waals surface area contributed by atoms with Crippen LogP contribution in [0, 0.1) is 6.92 Å². The van der Waals surface area contributed by atoms with Crippen molar-refractivity contribution in [2.75, 3.05) is 64.4 Å². The molecule has 186 valence electrons. The van der Waals surface area contributed by atoms with Crippen LogP contribution in [0.1, 0.15) is 15.2 Å². The molecule has 36 heavy (non-hydrogen) atoms. The van der Waals surface area contributed by atoms with E-state index in [2.05, 4.69) is 42.0 Å². The molecule has 5 heterocycles. The van der Waals surface area contributed by atoms with Crippen molar-refractivity contribution in [2.24, 2.45) is 0 Å². The van der Waals surface area contributed by atoms with E-state index in [1.165, 1.54) is 16.9 Å². The van der Waals surface area contributed by atoms with E-state index in [9.17, 15) is 4.79 Å². The second-order valence-corrected chi connectivity index (χ2v) is 10.4. The van der Waals surface area contributed by atoms with Crippen molar-refractivity contribution in [3.05, 3.63) is 53.0 Å². The first-order valence-corrected chi connectivity index (χ1v) is 13.1. The number of carbonyl (C=O) groups excluding carboxylic acids is 1. The number of aromatic nitrogens is 4. The molecule has 10 heteroatoms. The van der Waals surface area contributed by atoms with E-state index in [-0.39, 0.29) is 5.91 Å². The summed E-state index contributed by atoms with van der Waals surface area (Å²) >= 11 is 1.49. The number of rotatable bonds is 4. The lowest BCUT2D eigenvalue weighted by molar-refractivity contribution is 0.0669. The van der Waals surface area contributed by atoms with E-state index >= 15 is 0 Å². The van der Waals surface area contributed by atoms with Crippen LogP contribution in [0.3, 0.4) is 0 Å². The van der Waals surface area contributed by atoms with Crippen molar-refractivity contribution in [1.29, 1.82) is 0 Å². The van der Waals surface area contributed by atoms with Gasteiger partial charge in [0.05, 0.1) is 34.0 Å². The third-order valence-electron chi connectivity index (χ3n) is 6.76. The minimum atomic E-state index is 0.0707. The molecule has 0 atom stereocenters. The number of fused-ring (bicyclic) bond motifs is 1. The average molecular weight is 504 g/mol. The quantitative estimate of drug-likeness (QED) is 0.423. The van der Waals surface area contributed by atoms with Crippen molar-refractivity contribution < 1.29 is 9.53 Å². The number of morpholine rings is 1. The number of likely N-dealkylation sites (N-methyl/N-ethyl adjacent to an activating group) is 1. The van der Waals surface area contributed by atoms with Crippen molar-refractivity contribution in [3.8, 4) is 17.2 Å². The molecule has 2 aliphatic heterocycles. The maximum Gasteiger partial charge on any atom is 0.264 e. The van der Waals surface area contributed by atoms with Crippen molar-refractivity contribution >= 4 is 33.3 Å². The molecule has 0 saturated carbocycles. The lowest BCUT2D eigenvalue weighted by Crippen LogP contribution is -2.46. The van der Waals surface area contributed by atoms with Crippen molar-refractivity contribution in [3.63, 3.8) is 0 Å². The highest BCUT2D eigenvalue weighted by molar-refractivity contribution is 7.21. The number of piperazine rings is 1. The molecule has 1 aromatic carbocycles. The van der Waals surface area contributed by atoms with Gasteiger partial charge in [0.1, 0.15) is 0 Å². The molecular formula is C26H29N7O2S. The number of nitrogens with zero attached hydrogens (tertiary/aromatic N) is 7. The Morgan fingerprint density at radius 1 is 1.00 bits per heavy atom. The molecule has 2 aliphatic rings. The summed E-state index contributed by atoms with van der Waals surface area (Å²) in [6, 6.07) is 12.2. The number of amides is 1. The van der Waals surface area contributed by atoms with Gasteiger partial charge in [-0.25, -0.2) is 9.67 Å². The van der Waals surface area contributed by atoms with Gasteiger partial charge in [-0.3, -0.25) is 4.79 Å². The summed E-state index contributed by atoms with van der Waals surface area (Å²) in [5, 5.41) is 4.78. The number of carbonyl (C=O) groups is 1. The predicted molar refractivity (Wildman–Crippen MR) is 141 cm³/mol. The van der Waals surface area contributed by atoms with Gasteiger partial charge >= 0.3 is 0 Å². The van der Waals surface area contributed by atoms with E-state index in [0.29, 0.717) is 24.0 Å². The van der Waals surface area contributed by atoms with Crippen LogP contribution in [-0.2, 0) is 4.74 Å². The number of hydrogen-bond acceptors (Lipinski definition) is 8. The molecule has 9 nitrogen and oxygen atoms in total. The molecule has 1 amide bonds. The lowest BCUT2D eigenvalue weighted by Gasteiger charge is -2.32. The maximum absolute atomic E-state index is 13.3. The van der Waals surface area contributed by atoms with Crippen LogP contribution in [0.25, 0.3) is 27.4 Å². The number of ether oxygens (including phenoxy) is 1. The Kier molecular flexibility index (Phi) is 6.16. The molecule has 0 aliphatic carbocycles. The molecule has 2 saturated heterocycles. The van der Waals surface area contributed by atoms with E-state index in [4.69, 9.17) is 19.8 Å². The van der Waals surface area contributed by atoms with Gasteiger partial charge in [-0.05, 0) is 32.2 Å². The van der Waals surface area contributed by atoms with Crippen LogP contribution in [0.5, 0.6) is 0 Å². The smallest absolute Gasteiger partial charge is 0.264 e. The van der Waals surface area contributed by atoms with Crippen molar-refractivity contribution in [2.45, 2.75) is 6.92 Å². The first kappa shape index (κ1) is 23.1. The van der Waals surface area contributed by atoms with Crippen molar-refractivity contribution in [1.82, 2.24) is 29.5 Å². The van der Waals surface area contributed by atoms with Crippen LogP contribution in [0.2, 0.25) is 0 Å². The number of aryl methyl sites for hydroxylation is 1. The monoisotopic (exact) mass is 503 g/mol. The Morgan fingerprint density at radius 3 is 2.58 bits per heavy atom. The molecule has 0 spiro atoms. The maximum atomic E-state index is 13.3. The Balaban J connectivity index is 1.39. The lowest BCUT2D eigenvalue weighted by atomic mass is 10.1. The third kappa shape index (κ3) is 4.47. The fourth-order valence-corrected chi connectivity index (χ4v) is 5.74. The zero-order chi connectivity index (χ0) is 24.6. The molecule has 0 unspecified atom stereocenters. The third-order valence-corrected chi connectivity index (χ3v) is 7.87. The summed E-state index contributed by atoms with van der Waals surface area (Å²) in [5.74, 6) is 1.41. The van der Waals surface area contributed by atoms with Crippen LogP contribution < -0.4 is 4.90 Å². The Morgan fingerprint density at radius 2 is 1.81 bits per heavy atom. The van der Waals surface area contributed by atoms with Gasteiger partial charge in [-0.2, -0.15) is 10.1 Å².